The standard InChI is InChI=1S/C29H20BrN5O2/c1-2-14-34-22-9-4-3-8-20(22)29(28(34)37)21(17-31)27(33-15-5-6-16-33)35(25-13-12-19(30)18-32-25)23-10-7-11-24(36)26(23)29/h1,3-6,8-9,12-13,15-16,18H,7,10-11,14H2/t29-/m1/s1. The molecule has 3 aliphatic rings. The van der Waals surface area contributed by atoms with Crippen LogP contribution in [0.25, 0.3) is 5.82 Å². The first-order valence-electron chi connectivity index (χ1n) is 11.9. The van der Waals surface area contributed by atoms with Crippen molar-refractivity contribution in [2.45, 2.75) is 24.7 Å². The van der Waals surface area contributed by atoms with Crippen LogP contribution in [0.5, 0.6) is 0 Å². The number of benzene rings is 1. The Kier molecular flexibility index (Phi) is 5.36. The second kappa shape index (κ2) is 8.62. The van der Waals surface area contributed by atoms with Crippen LogP contribution in [0.1, 0.15) is 24.8 Å². The number of halogens is 1. The van der Waals surface area contributed by atoms with Crippen LogP contribution in [-0.4, -0.2) is 27.8 Å². The highest BCUT2D eigenvalue weighted by atomic mass is 79.9. The number of ketones is 1. The SMILES string of the molecule is C#CCN1C(=O)[C@@]2(C(C#N)=C(n3cccc3)N(c3ccc(Br)cn3)C3=C2C(=O)CCC3)c2ccccc21. The van der Waals surface area contributed by atoms with Crippen molar-refractivity contribution in [2.24, 2.45) is 0 Å². The number of carbonyl (C=O) groups is 2. The zero-order valence-electron chi connectivity index (χ0n) is 19.7. The van der Waals surface area contributed by atoms with Crippen molar-refractivity contribution < 1.29 is 9.59 Å². The first kappa shape index (κ1) is 23.0. The number of hydrogen-bond acceptors (Lipinski definition) is 5. The summed E-state index contributed by atoms with van der Waals surface area (Å²) in [5, 5.41) is 10.8. The number of amides is 1. The van der Waals surface area contributed by atoms with Crippen LogP contribution in [0.4, 0.5) is 11.5 Å². The molecule has 1 aliphatic carbocycles. The molecule has 0 N–H and O–H groups in total. The van der Waals surface area contributed by atoms with E-state index in [1.807, 2.05) is 70.4 Å². The van der Waals surface area contributed by atoms with Crippen molar-refractivity contribution in [2.75, 3.05) is 16.3 Å². The number of carbonyl (C=O) groups excluding carboxylic acids is 2. The van der Waals surface area contributed by atoms with Gasteiger partial charge in [-0.1, -0.05) is 24.1 Å². The van der Waals surface area contributed by atoms with Gasteiger partial charge in [0.1, 0.15) is 23.1 Å². The summed E-state index contributed by atoms with van der Waals surface area (Å²) < 4.78 is 2.61. The van der Waals surface area contributed by atoms with Crippen LogP contribution in [0.3, 0.4) is 0 Å². The Hall–Kier alpha value is -4.40. The molecule has 7 nitrogen and oxygen atoms in total. The number of anilines is 2. The van der Waals surface area contributed by atoms with Gasteiger partial charge in [0.25, 0.3) is 0 Å². The molecule has 1 aromatic carbocycles. The van der Waals surface area contributed by atoms with Crippen molar-refractivity contribution in [3.63, 3.8) is 0 Å². The van der Waals surface area contributed by atoms with E-state index in [0.717, 1.165) is 4.47 Å². The number of aromatic nitrogens is 2. The summed E-state index contributed by atoms with van der Waals surface area (Å²) >= 11 is 3.44. The van der Waals surface area contributed by atoms with E-state index >= 15 is 0 Å². The number of para-hydroxylation sites is 1. The van der Waals surface area contributed by atoms with Crippen LogP contribution in [0.2, 0.25) is 0 Å². The van der Waals surface area contributed by atoms with E-state index in [1.165, 1.54) is 4.90 Å². The maximum atomic E-state index is 14.5. The summed E-state index contributed by atoms with van der Waals surface area (Å²) in [6, 6.07) is 17.1. The molecular formula is C29H20BrN5O2. The summed E-state index contributed by atoms with van der Waals surface area (Å²) in [7, 11) is 0. The largest absolute Gasteiger partial charge is 0.309 e. The van der Waals surface area contributed by atoms with Crippen LogP contribution in [-0.2, 0) is 15.0 Å². The number of nitrogens with zero attached hydrogens (tertiary/aromatic N) is 5. The first-order valence-corrected chi connectivity index (χ1v) is 12.6. The molecule has 0 saturated heterocycles. The minimum atomic E-state index is -1.60. The third-order valence-corrected chi connectivity index (χ3v) is 7.63. The summed E-state index contributed by atoms with van der Waals surface area (Å²) in [5.74, 6) is 3.08. The lowest BCUT2D eigenvalue weighted by Gasteiger charge is -2.44. The molecule has 8 heteroatoms. The van der Waals surface area contributed by atoms with Crippen LogP contribution in [0, 0.1) is 23.7 Å². The zero-order valence-corrected chi connectivity index (χ0v) is 21.3. The molecule has 0 bridgehead atoms. The van der Waals surface area contributed by atoms with Gasteiger partial charge in [-0.25, -0.2) is 4.98 Å². The molecule has 180 valence electrons. The molecule has 4 heterocycles. The second-order valence-electron chi connectivity index (χ2n) is 9.03. The highest BCUT2D eigenvalue weighted by Gasteiger charge is 2.62. The monoisotopic (exact) mass is 549 g/mol. The average molecular weight is 550 g/mol. The molecule has 3 aromatic rings. The van der Waals surface area contributed by atoms with Gasteiger partial charge in [-0.15, -0.1) is 6.42 Å². The number of fused-ring (bicyclic) bond motifs is 3. The smallest absolute Gasteiger partial charge is 0.248 e. The van der Waals surface area contributed by atoms with Gasteiger partial charge in [0.05, 0.1) is 12.1 Å². The van der Waals surface area contributed by atoms with Gasteiger partial charge in [-0.3, -0.25) is 19.4 Å². The molecule has 37 heavy (non-hydrogen) atoms. The first-order chi connectivity index (χ1) is 18.0. The fourth-order valence-corrected chi connectivity index (χ4v) is 6.03. The topological polar surface area (TPSA) is 82.2 Å². The maximum Gasteiger partial charge on any atom is 0.248 e. The minimum absolute atomic E-state index is 0.0317. The number of rotatable bonds is 3. The third kappa shape index (κ3) is 3.09. The highest BCUT2D eigenvalue weighted by molar-refractivity contribution is 9.10. The van der Waals surface area contributed by atoms with Crippen molar-refractivity contribution in [3.05, 3.63) is 94.0 Å². The molecule has 1 amide bonds. The summed E-state index contributed by atoms with van der Waals surface area (Å²) in [4.78, 5) is 36.3. The van der Waals surface area contributed by atoms with E-state index in [2.05, 4.69) is 32.9 Å². The van der Waals surface area contributed by atoms with Crippen molar-refractivity contribution in [1.82, 2.24) is 9.55 Å². The molecule has 0 fully saturated rings. The van der Waals surface area contributed by atoms with E-state index < -0.39 is 5.41 Å². The number of terminal acetylenes is 1. The Morgan fingerprint density at radius 3 is 2.57 bits per heavy atom. The Morgan fingerprint density at radius 2 is 1.86 bits per heavy atom. The van der Waals surface area contributed by atoms with Gasteiger partial charge in [-0.05, 0) is 59.1 Å². The number of nitriles is 1. The highest BCUT2D eigenvalue weighted by Crippen LogP contribution is 2.57. The molecule has 0 saturated carbocycles. The van der Waals surface area contributed by atoms with Gasteiger partial charge in [0.2, 0.25) is 5.91 Å². The molecule has 1 atom stereocenters. The average Bonchev–Trinajstić information content (AvgIpc) is 3.52. The predicted molar refractivity (Wildman–Crippen MR) is 143 cm³/mol. The fourth-order valence-electron chi connectivity index (χ4n) is 5.79. The van der Waals surface area contributed by atoms with Gasteiger partial charge < -0.3 is 4.57 Å². The number of allylic oxidation sites excluding steroid dienone is 1. The van der Waals surface area contributed by atoms with Crippen molar-refractivity contribution in [3.8, 4) is 18.4 Å². The van der Waals surface area contributed by atoms with Crippen molar-refractivity contribution in [1.29, 1.82) is 5.26 Å². The van der Waals surface area contributed by atoms with Gasteiger partial charge in [-0.2, -0.15) is 5.26 Å². The molecule has 6 rings (SSSR count). The van der Waals surface area contributed by atoms with Gasteiger partial charge in [0.15, 0.2) is 5.78 Å². The number of hydrogen-bond donors (Lipinski definition) is 0. The summed E-state index contributed by atoms with van der Waals surface area (Å²) in [6.45, 7) is 0.0317. The molecule has 0 unspecified atom stereocenters. The normalized spacial score (nSPS) is 20.7. The second-order valence-corrected chi connectivity index (χ2v) is 9.95. The van der Waals surface area contributed by atoms with Crippen molar-refractivity contribution >= 4 is 44.9 Å². The van der Waals surface area contributed by atoms with Crippen LogP contribution in [0.15, 0.2) is 88.4 Å². The number of Topliss-reactive ketones (excluding diaryl/α,β-unsaturated/α-hetero) is 1. The molecule has 1 spiro atoms. The lowest BCUT2D eigenvalue weighted by molar-refractivity contribution is -0.124. The van der Waals surface area contributed by atoms with E-state index in [1.54, 1.807) is 6.20 Å². The predicted octanol–water partition coefficient (Wildman–Crippen LogP) is 4.78. The van der Waals surface area contributed by atoms with E-state index in [0.29, 0.717) is 53.4 Å². The molecule has 0 radical (unpaired) electrons. The Labute approximate surface area is 222 Å². The minimum Gasteiger partial charge on any atom is -0.309 e. The summed E-state index contributed by atoms with van der Waals surface area (Å²) in [5.41, 5.74) is 0.806. The van der Waals surface area contributed by atoms with E-state index in [9.17, 15) is 14.9 Å². The van der Waals surface area contributed by atoms with E-state index in [-0.39, 0.29) is 23.8 Å². The lowest BCUT2D eigenvalue weighted by atomic mass is 9.63. The summed E-state index contributed by atoms with van der Waals surface area (Å²) in [6.07, 6.45) is 12.5. The van der Waals surface area contributed by atoms with Crippen LogP contribution >= 0.6 is 15.9 Å². The number of pyridine rings is 1. The zero-order chi connectivity index (χ0) is 25.7. The van der Waals surface area contributed by atoms with E-state index in [4.69, 9.17) is 6.42 Å². The third-order valence-electron chi connectivity index (χ3n) is 7.16. The molecule has 2 aromatic heterocycles. The van der Waals surface area contributed by atoms with Crippen LogP contribution < -0.4 is 9.80 Å². The Morgan fingerprint density at radius 1 is 1.08 bits per heavy atom. The lowest BCUT2D eigenvalue weighted by Crippen LogP contribution is -2.51. The molecular weight excluding hydrogens is 530 g/mol. The fraction of sp³-hybridized carbons (Fsp3) is 0.172. The van der Waals surface area contributed by atoms with Gasteiger partial charge >= 0.3 is 0 Å². The molecule has 2 aliphatic heterocycles. The van der Waals surface area contributed by atoms with Gasteiger partial charge in [0, 0.05) is 52.0 Å². The maximum absolute atomic E-state index is 14.5. The Bertz CT molecular complexity index is 1600. The quantitative estimate of drug-likeness (QED) is 0.439. The Balaban J connectivity index is 1.78.